The average Bonchev–Trinajstić information content (AvgIpc) is 2.65. The Kier molecular flexibility index (Phi) is 9.17. The minimum Gasteiger partial charge on any atom is -0.468 e. The van der Waals surface area contributed by atoms with Gasteiger partial charge >= 0.3 is 11.9 Å². The van der Waals surface area contributed by atoms with Gasteiger partial charge < -0.3 is 19.0 Å². The molecule has 0 spiro atoms. The molecule has 6 heteroatoms. The number of methoxy groups -OCH3 is 3. The van der Waals surface area contributed by atoms with E-state index in [4.69, 9.17) is 14.2 Å². The lowest BCUT2D eigenvalue weighted by Gasteiger charge is -2.24. The molecule has 0 saturated carbocycles. The molecular formula is C19H24O6. The Labute approximate surface area is 147 Å². The van der Waals surface area contributed by atoms with Crippen LogP contribution in [0.25, 0.3) is 6.08 Å². The zero-order valence-corrected chi connectivity index (χ0v) is 14.7. The SMILES string of the molecule is COC(=O)C(C(=O)OC)[C@H](CC=O)C[C@@H](/C=C/c1ccccc1)OC. The molecule has 0 bridgehead atoms. The van der Waals surface area contributed by atoms with Crippen molar-refractivity contribution in [2.24, 2.45) is 11.8 Å². The second-order valence-corrected chi connectivity index (χ2v) is 5.47. The maximum atomic E-state index is 12.0. The van der Waals surface area contributed by atoms with E-state index < -0.39 is 23.8 Å². The molecule has 0 unspecified atom stereocenters. The van der Waals surface area contributed by atoms with E-state index in [-0.39, 0.29) is 12.5 Å². The third-order valence-electron chi connectivity index (χ3n) is 3.92. The number of hydrogen-bond acceptors (Lipinski definition) is 6. The molecule has 0 aliphatic carbocycles. The van der Waals surface area contributed by atoms with Crippen molar-refractivity contribution < 1.29 is 28.6 Å². The average molecular weight is 348 g/mol. The number of ether oxygens (including phenoxy) is 3. The zero-order chi connectivity index (χ0) is 18.7. The summed E-state index contributed by atoms with van der Waals surface area (Å²) in [4.78, 5) is 35.0. The fraction of sp³-hybridized carbons (Fsp3) is 0.421. The molecule has 0 aliphatic heterocycles. The fourth-order valence-corrected chi connectivity index (χ4v) is 2.56. The maximum Gasteiger partial charge on any atom is 0.320 e. The third kappa shape index (κ3) is 6.51. The van der Waals surface area contributed by atoms with Crippen LogP contribution >= 0.6 is 0 Å². The van der Waals surface area contributed by atoms with Gasteiger partial charge in [-0.2, -0.15) is 0 Å². The first kappa shape index (κ1) is 20.6. The van der Waals surface area contributed by atoms with Crippen molar-refractivity contribution in [1.82, 2.24) is 0 Å². The number of esters is 2. The molecule has 25 heavy (non-hydrogen) atoms. The lowest BCUT2D eigenvalue weighted by atomic mass is 9.85. The standard InChI is InChI=1S/C19H24O6/c1-23-16(10-9-14-7-5-4-6-8-14)13-15(11-12-20)17(18(21)24-2)19(22)25-3/h4-10,12,15-17H,11,13H2,1-3H3/b10-9+/t15-,16-/m1/s1. The van der Waals surface area contributed by atoms with E-state index in [2.05, 4.69) is 0 Å². The van der Waals surface area contributed by atoms with Crippen LogP contribution in [0.3, 0.4) is 0 Å². The van der Waals surface area contributed by atoms with Gasteiger partial charge in [0, 0.05) is 13.5 Å². The molecule has 0 radical (unpaired) electrons. The van der Waals surface area contributed by atoms with Crippen LogP contribution in [0.5, 0.6) is 0 Å². The molecule has 0 amide bonds. The van der Waals surface area contributed by atoms with E-state index in [0.717, 1.165) is 5.56 Å². The van der Waals surface area contributed by atoms with Gasteiger partial charge in [-0.05, 0) is 17.9 Å². The number of carbonyl (C=O) groups excluding carboxylic acids is 3. The van der Waals surface area contributed by atoms with Gasteiger partial charge in [0.1, 0.15) is 6.29 Å². The van der Waals surface area contributed by atoms with Gasteiger partial charge in [0.15, 0.2) is 5.92 Å². The first-order valence-electron chi connectivity index (χ1n) is 7.92. The van der Waals surface area contributed by atoms with Crippen LogP contribution in [0.1, 0.15) is 18.4 Å². The largest absolute Gasteiger partial charge is 0.468 e. The third-order valence-corrected chi connectivity index (χ3v) is 3.92. The van der Waals surface area contributed by atoms with Crippen LogP contribution in [0.15, 0.2) is 36.4 Å². The van der Waals surface area contributed by atoms with Crippen molar-refractivity contribution in [2.75, 3.05) is 21.3 Å². The van der Waals surface area contributed by atoms with E-state index >= 15 is 0 Å². The number of benzene rings is 1. The zero-order valence-electron chi connectivity index (χ0n) is 14.7. The van der Waals surface area contributed by atoms with Crippen LogP contribution in [-0.2, 0) is 28.6 Å². The highest BCUT2D eigenvalue weighted by Gasteiger charge is 2.37. The number of carbonyl (C=O) groups is 3. The summed E-state index contributed by atoms with van der Waals surface area (Å²) in [5, 5.41) is 0. The summed E-state index contributed by atoms with van der Waals surface area (Å²) in [5.41, 5.74) is 0.994. The van der Waals surface area contributed by atoms with E-state index in [1.165, 1.54) is 21.3 Å². The molecule has 1 aromatic carbocycles. The summed E-state index contributed by atoms with van der Waals surface area (Å²) >= 11 is 0. The monoisotopic (exact) mass is 348 g/mol. The summed E-state index contributed by atoms with van der Waals surface area (Å²) in [7, 11) is 3.92. The van der Waals surface area contributed by atoms with Gasteiger partial charge in [0.05, 0.1) is 20.3 Å². The van der Waals surface area contributed by atoms with Crippen LogP contribution in [0.4, 0.5) is 0 Å². The van der Waals surface area contributed by atoms with Gasteiger partial charge in [-0.15, -0.1) is 0 Å². The predicted molar refractivity (Wildman–Crippen MR) is 92.6 cm³/mol. The molecule has 136 valence electrons. The Morgan fingerprint density at radius 2 is 1.64 bits per heavy atom. The molecule has 0 aliphatic rings. The van der Waals surface area contributed by atoms with Crippen molar-refractivity contribution in [3.63, 3.8) is 0 Å². The predicted octanol–water partition coefficient (Wildman–Crippen LogP) is 2.27. The van der Waals surface area contributed by atoms with Gasteiger partial charge in [-0.1, -0.05) is 42.5 Å². The Morgan fingerprint density at radius 3 is 2.12 bits per heavy atom. The second-order valence-electron chi connectivity index (χ2n) is 5.47. The van der Waals surface area contributed by atoms with Crippen LogP contribution < -0.4 is 0 Å². The minimum absolute atomic E-state index is 0.0217. The van der Waals surface area contributed by atoms with E-state index in [1.807, 2.05) is 42.5 Å². The fourth-order valence-electron chi connectivity index (χ4n) is 2.56. The van der Waals surface area contributed by atoms with Crippen molar-refractivity contribution in [1.29, 1.82) is 0 Å². The first-order valence-corrected chi connectivity index (χ1v) is 7.92. The highest BCUT2D eigenvalue weighted by molar-refractivity contribution is 5.95. The summed E-state index contributed by atoms with van der Waals surface area (Å²) < 4.78 is 14.8. The highest BCUT2D eigenvalue weighted by Crippen LogP contribution is 2.25. The molecule has 0 fully saturated rings. The molecule has 1 rings (SSSR count). The minimum atomic E-state index is -1.16. The summed E-state index contributed by atoms with van der Waals surface area (Å²) in [6, 6.07) is 9.64. The Morgan fingerprint density at radius 1 is 1.04 bits per heavy atom. The van der Waals surface area contributed by atoms with Crippen molar-refractivity contribution in [3.8, 4) is 0 Å². The van der Waals surface area contributed by atoms with E-state index in [9.17, 15) is 14.4 Å². The Bertz CT molecular complexity index is 565. The van der Waals surface area contributed by atoms with Crippen LogP contribution in [0.2, 0.25) is 0 Å². The molecular weight excluding hydrogens is 324 g/mol. The smallest absolute Gasteiger partial charge is 0.320 e. The van der Waals surface area contributed by atoms with Gasteiger partial charge in [0.25, 0.3) is 0 Å². The highest BCUT2D eigenvalue weighted by atomic mass is 16.5. The molecule has 0 N–H and O–H groups in total. The van der Waals surface area contributed by atoms with Gasteiger partial charge in [-0.25, -0.2) is 0 Å². The van der Waals surface area contributed by atoms with Gasteiger partial charge in [-0.3, -0.25) is 9.59 Å². The second kappa shape index (κ2) is 11.1. The number of hydrogen-bond donors (Lipinski definition) is 0. The van der Waals surface area contributed by atoms with Crippen LogP contribution in [-0.4, -0.2) is 45.7 Å². The normalized spacial score (nSPS) is 13.4. The van der Waals surface area contributed by atoms with E-state index in [1.54, 1.807) is 0 Å². The molecule has 2 atom stereocenters. The quantitative estimate of drug-likeness (QED) is 0.367. The topological polar surface area (TPSA) is 78.9 Å². The maximum absolute atomic E-state index is 12.0. The lowest BCUT2D eigenvalue weighted by Crippen LogP contribution is -2.35. The van der Waals surface area contributed by atoms with Crippen molar-refractivity contribution in [2.45, 2.75) is 18.9 Å². The summed E-state index contributed by atoms with van der Waals surface area (Å²) in [6.45, 7) is 0. The van der Waals surface area contributed by atoms with Crippen LogP contribution in [0, 0.1) is 11.8 Å². The van der Waals surface area contributed by atoms with Gasteiger partial charge in [0.2, 0.25) is 0 Å². The summed E-state index contributed by atoms with van der Waals surface area (Å²) in [5.74, 6) is -3.19. The first-order chi connectivity index (χ1) is 12.1. The molecule has 1 aromatic rings. The molecule has 0 heterocycles. The molecule has 0 saturated heterocycles. The molecule has 0 aromatic heterocycles. The summed E-state index contributed by atoms with van der Waals surface area (Å²) in [6.07, 6.45) is 4.34. The number of aldehydes is 1. The molecule has 6 nitrogen and oxygen atoms in total. The lowest BCUT2D eigenvalue weighted by molar-refractivity contribution is -0.162. The number of rotatable bonds is 10. The van der Waals surface area contributed by atoms with E-state index in [0.29, 0.717) is 12.7 Å². The Balaban J connectivity index is 2.94. The Hall–Kier alpha value is -2.47. The van der Waals surface area contributed by atoms with Crippen molar-refractivity contribution >= 4 is 24.3 Å². The van der Waals surface area contributed by atoms with Crippen molar-refractivity contribution in [3.05, 3.63) is 42.0 Å².